The summed E-state index contributed by atoms with van der Waals surface area (Å²) in [4.78, 5) is 0.149. The molecule has 1 N–H and O–H groups in total. The van der Waals surface area contributed by atoms with Gasteiger partial charge in [0.2, 0.25) is 0 Å². The van der Waals surface area contributed by atoms with E-state index >= 15 is 0 Å². The lowest BCUT2D eigenvalue weighted by Gasteiger charge is -2.32. The predicted octanol–water partition coefficient (Wildman–Crippen LogP) is 5.60. The zero-order valence-electron chi connectivity index (χ0n) is 15.9. The minimum absolute atomic E-state index is 0.149. The van der Waals surface area contributed by atoms with Crippen molar-refractivity contribution in [1.82, 2.24) is 0 Å². The van der Waals surface area contributed by atoms with Gasteiger partial charge in [-0.1, -0.05) is 36.2 Å². The van der Waals surface area contributed by atoms with Crippen LogP contribution in [0.25, 0.3) is 0 Å². The summed E-state index contributed by atoms with van der Waals surface area (Å²) in [6.07, 6.45) is 1.58. The molecule has 0 aliphatic heterocycles. The van der Waals surface area contributed by atoms with Crippen LogP contribution in [0, 0.1) is 0 Å². The normalized spacial score (nSPS) is 12.8. The summed E-state index contributed by atoms with van der Waals surface area (Å²) in [7, 11) is -3.86. The van der Waals surface area contributed by atoms with Crippen LogP contribution in [-0.2, 0) is 16.6 Å². The Morgan fingerprint density at radius 3 is 2.36 bits per heavy atom. The number of benzene rings is 2. The average Bonchev–Trinajstić information content (AvgIpc) is 2.66. The molecule has 8 heteroatoms. The van der Waals surface area contributed by atoms with Gasteiger partial charge in [0, 0.05) is 21.7 Å². The molecule has 0 bridgehead atoms. The molecule has 2 aromatic rings. The van der Waals surface area contributed by atoms with Crippen LogP contribution < -0.4 is 4.31 Å². The second-order valence-corrected chi connectivity index (χ2v) is 10.5. The summed E-state index contributed by atoms with van der Waals surface area (Å²) in [5.74, 6) is 2.00. The molecule has 1 atom stereocenters. The Labute approximate surface area is 181 Å². The monoisotopic (exact) mass is 461 g/mol. The van der Waals surface area contributed by atoms with Gasteiger partial charge in [-0.3, -0.25) is 4.31 Å². The van der Waals surface area contributed by atoms with E-state index in [9.17, 15) is 13.5 Å². The van der Waals surface area contributed by atoms with Crippen LogP contribution in [0.4, 0.5) is 5.69 Å². The lowest BCUT2D eigenvalue weighted by Crippen LogP contribution is -2.39. The number of thioether (sulfide) groups is 1. The predicted molar refractivity (Wildman–Crippen MR) is 120 cm³/mol. The van der Waals surface area contributed by atoms with Crippen molar-refractivity contribution in [3.05, 3.63) is 58.1 Å². The van der Waals surface area contributed by atoms with Crippen molar-refractivity contribution >= 4 is 50.7 Å². The zero-order chi connectivity index (χ0) is 20.7. The first-order valence-corrected chi connectivity index (χ1v) is 12.4. The summed E-state index contributed by atoms with van der Waals surface area (Å²) >= 11 is 13.9. The van der Waals surface area contributed by atoms with Gasteiger partial charge >= 0.3 is 0 Å². The first-order valence-electron chi connectivity index (χ1n) is 9.08. The Morgan fingerprint density at radius 1 is 1.11 bits per heavy atom. The quantitative estimate of drug-likeness (QED) is 0.467. The maximum Gasteiger partial charge on any atom is 0.264 e. The minimum atomic E-state index is -3.86. The Kier molecular flexibility index (Phi) is 8.96. The number of sulfonamides is 1. The molecule has 0 fully saturated rings. The Hall–Kier alpha value is -0.920. The highest BCUT2D eigenvalue weighted by molar-refractivity contribution is 7.99. The van der Waals surface area contributed by atoms with Gasteiger partial charge in [0.1, 0.15) is 0 Å². The molecule has 0 spiro atoms. The largest absolute Gasteiger partial charge is 0.392 e. The molecule has 1 unspecified atom stereocenters. The molecule has 0 aromatic heterocycles. The molecule has 0 saturated carbocycles. The van der Waals surface area contributed by atoms with Crippen molar-refractivity contribution in [2.75, 3.05) is 15.8 Å². The average molecular weight is 462 g/mol. The van der Waals surface area contributed by atoms with Crippen LogP contribution in [0.2, 0.25) is 10.0 Å². The van der Waals surface area contributed by atoms with Crippen LogP contribution in [0.5, 0.6) is 0 Å². The Bertz CT molecular complexity index is 874. The van der Waals surface area contributed by atoms with E-state index in [0.717, 1.165) is 17.9 Å². The minimum Gasteiger partial charge on any atom is -0.392 e. The number of aliphatic hydroxyl groups is 1. The molecule has 154 valence electrons. The summed E-state index contributed by atoms with van der Waals surface area (Å²) in [6.45, 7) is 3.70. The van der Waals surface area contributed by atoms with E-state index < -0.39 is 10.0 Å². The first-order chi connectivity index (χ1) is 13.3. The standard InChI is InChI=1S/C20H25Cl2NO3S2/c1-3-27-12-4-5-15(2)23(20-13-18(22)7-6-16(20)14-24)28(25,26)19-10-8-17(21)9-11-19/h6-11,13,15,24H,3-5,12,14H2,1-2H3. The maximum absolute atomic E-state index is 13.5. The van der Waals surface area contributed by atoms with Crippen molar-refractivity contribution < 1.29 is 13.5 Å². The topological polar surface area (TPSA) is 57.6 Å². The molecule has 0 radical (unpaired) electrons. The van der Waals surface area contributed by atoms with Crippen LogP contribution in [0.3, 0.4) is 0 Å². The van der Waals surface area contributed by atoms with Gasteiger partial charge in [0.25, 0.3) is 10.0 Å². The summed E-state index contributed by atoms with van der Waals surface area (Å²) in [5, 5.41) is 10.7. The van der Waals surface area contributed by atoms with E-state index in [1.165, 1.54) is 16.4 Å². The van der Waals surface area contributed by atoms with E-state index in [4.69, 9.17) is 23.2 Å². The molecule has 0 aliphatic rings. The highest BCUT2D eigenvalue weighted by Gasteiger charge is 2.31. The third kappa shape index (κ3) is 5.80. The highest BCUT2D eigenvalue weighted by atomic mass is 35.5. The van der Waals surface area contributed by atoms with Crippen LogP contribution >= 0.6 is 35.0 Å². The molecule has 0 heterocycles. The van der Waals surface area contributed by atoms with Crippen LogP contribution in [0.15, 0.2) is 47.4 Å². The molecule has 0 aliphatic carbocycles. The third-order valence-corrected chi connectivity index (χ3v) is 7.76. The molecule has 0 amide bonds. The van der Waals surface area contributed by atoms with E-state index in [0.29, 0.717) is 27.7 Å². The number of hydrogen-bond donors (Lipinski definition) is 1. The summed E-state index contributed by atoms with van der Waals surface area (Å²) in [6, 6.07) is 10.7. The van der Waals surface area contributed by atoms with Gasteiger partial charge in [-0.15, -0.1) is 0 Å². The molecular formula is C20H25Cl2NO3S2. The van der Waals surface area contributed by atoms with Crippen molar-refractivity contribution in [1.29, 1.82) is 0 Å². The first kappa shape index (κ1) is 23.4. The fourth-order valence-corrected chi connectivity index (χ4v) is 5.61. The molecule has 4 nitrogen and oxygen atoms in total. The summed E-state index contributed by atoms with van der Waals surface area (Å²) < 4.78 is 28.4. The second-order valence-electron chi connectivity index (χ2n) is 6.37. The SMILES string of the molecule is CCSCCCC(C)N(c1cc(Cl)ccc1CO)S(=O)(=O)c1ccc(Cl)cc1. The molecule has 2 rings (SSSR count). The Morgan fingerprint density at radius 2 is 1.75 bits per heavy atom. The summed E-state index contributed by atoms with van der Waals surface area (Å²) in [5.41, 5.74) is 0.914. The van der Waals surface area contributed by atoms with Crippen LogP contribution in [0.1, 0.15) is 32.3 Å². The number of halogens is 2. The van der Waals surface area contributed by atoms with Crippen molar-refractivity contribution in [2.24, 2.45) is 0 Å². The van der Waals surface area contributed by atoms with E-state index in [1.54, 1.807) is 30.3 Å². The number of rotatable bonds is 10. The van der Waals surface area contributed by atoms with Gasteiger partial charge in [-0.25, -0.2) is 8.42 Å². The van der Waals surface area contributed by atoms with E-state index in [-0.39, 0.29) is 17.5 Å². The highest BCUT2D eigenvalue weighted by Crippen LogP contribution is 2.33. The number of hydrogen-bond acceptors (Lipinski definition) is 4. The third-order valence-electron chi connectivity index (χ3n) is 4.34. The van der Waals surface area contributed by atoms with Crippen molar-refractivity contribution in [2.45, 2.75) is 44.2 Å². The van der Waals surface area contributed by atoms with Gasteiger partial charge in [0.05, 0.1) is 17.2 Å². The molecular weight excluding hydrogens is 437 g/mol. The molecule has 0 saturated heterocycles. The van der Waals surface area contributed by atoms with Crippen molar-refractivity contribution in [3.63, 3.8) is 0 Å². The number of nitrogens with zero attached hydrogens (tertiary/aromatic N) is 1. The number of anilines is 1. The van der Waals surface area contributed by atoms with Crippen molar-refractivity contribution in [3.8, 4) is 0 Å². The van der Waals surface area contributed by atoms with Gasteiger partial charge in [0.15, 0.2) is 0 Å². The van der Waals surface area contributed by atoms with E-state index in [2.05, 4.69) is 6.92 Å². The lowest BCUT2D eigenvalue weighted by molar-refractivity contribution is 0.282. The second kappa shape index (κ2) is 10.7. The zero-order valence-corrected chi connectivity index (χ0v) is 19.1. The van der Waals surface area contributed by atoms with Crippen LogP contribution in [-0.4, -0.2) is 31.1 Å². The fourth-order valence-electron chi connectivity index (χ4n) is 2.94. The molecule has 2 aromatic carbocycles. The number of aliphatic hydroxyl groups excluding tert-OH is 1. The lowest BCUT2D eigenvalue weighted by atomic mass is 10.1. The molecule has 28 heavy (non-hydrogen) atoms. The maximum atomic E-state index is 13.5. The smallest absolute Gasteiger partial charge is 0.264 e. The van der Waals surface area contributed by atoms with E-state index in [1.807, 2.05) is 18.7 Å². The van der Waals surface area contributed by atoms with Gasteiger partial charge in [-0.2, -0.15) is 11.8 Å². The fraction of sp³-hybridized carbons (Fsp3) is 0.400. The Balaban J connectivity index is 2.50. The van der Waals surface area contributed by atoms with Gasteiger partial charge < -0.3 is 5.11 Å². The van der Waals surface area contributed by atoms with Gasteiger partial charge in [-0.05, 0) is 67.7 Å².